The number of methoxy groups -OCH3 is 1. The lowest BCUT2D eigenvalue weighted by atomic mass is 10.1. The van der Waals surface area contributed by atoms with Crippen molar-refractivity contribution in [2.24, 2.45) is 0 Å². The second kappa shape index (κ2) is 9.02. The first-order chi connectivity index (χ1) is 13.9. The molecule has 0 aliphatic carbocycles. The molecule has 0 radical (unpaired) electrons. The third kappa shape index (κ3) is 4.90. The van der Waals surface area contributed by atoms with Gasteiger partial charge in [0.25, 0.3) is 0 Å². The minimum absolute atomic E-state index is 0.0272. The Kier molecular flexibility index (Phi) is 6.46. The third-order valence-corrected chi connectivity index (χ3v) is 5.30. The van der Waals surface area contributed by atoms with E-state index in [0.717, 1.165) is 22.3 Å². The lowest BCUT2D eigenvalue weighted by Crippen LogP contribution is -2.34. The number of thiazole rings is 1. The number of amides is 1. The number of aryl methyl sites for hydroxylation is 1. The lowest BCUT2D eigenvalue weighted by molar-refractivity contribution is -0.116. The molecular weight excluding hydrogens is 388 g/mol. The summed E-state index contributed by atoms with van der Waals surface area (Å²) in [7, 11) is 3.35. The van der Waals surface area contributed by atoms with Crippen LogP contribution in [0.4, 0.5) is 5.69 Å². The van der Waals surface area contributed by atoms with Crippen LogP contribution in [0.15, 0.2) is 41.9 Å². The summed E-state index contributed by atoms with van der Waals surface area (Å²) in [6.45, 7) is 4.14. The van der Waals surface area contributed by atoms with Crippen molar-refractivity contribution in [2.75, 3.05) is 32.6 Å². The van der Waals surface area contributed by atoms with Gasteiger partial charge in [-0.3, -0.25) is 19.1 Å². The standard InChI is InChI=1S/C21H24N4O3S/c1-14-11-18(15(2)25(14)21-22-9-10-29-21)19(26)12-24(3)13-20(27)23-16-5-7-17(28-4)8-6-16/h5-11H,12-13H2,1-4H3,(H,23,27). The van der Waals surface area contributed by atoms with Gasteiger partial charge in [0.15, 0.2) is 10.9 Å². The average Bonchev–Trinajstić information content (AvgIpc) is 3.29. The van der Waals surface area contributed by atoms with Crippen LogP contribution in [0.25, 0.3) is 5.13 Å². The van der Waals surface area contributed by atoms with Gasteiger partial charge in [-0.15, -0.1) is 11.3 Å². The number of aromatic nitrogens is 2. The number of nitrogens with one attached hydrogen (secondary N) is 1. The number of carbonyl (C=O) groups is 2. The van der Waals surface area contributed by atoms with Crippen LogP contribution in [0.5, 0.6) is 5.75 Å². The molecule has 0 aliphatic heterocycles. The van der Waals surface area contributed by atoms with Crippen LogP contribution in [-0.4, -0.2) is 53.4 Å². The predicted octanol–water partition coefficient (Wildman–Crippen LogP) is 3.31. The van der Waals surface area contributed by atoms with E-state index in [4.69, 9.17) is 4.74 Å². The maximum atomic E-state index is 12.8. The fraction of sp³-hybridized carbons (Fsp3) is 0.286. The molecule has 0 fully saturated rings. The zero-order chi connectivity index (χ0) is 21.0. The van der Waals surface area contributed by atoms with Gasteiger partial charge >= 0.3 is 0 Å². The number of ether oxygens (including phenoxy) is 1. The van der Waals surface area contributed by atoms with Crippen molar-refractivity contribution in [3.8, 4) is 10.9 Å². The van der Waals surface area contributed by atoms with Crippen LogP contribution in [0.3, 0.4) is 0 Å². The van der Waals surface area contributed by atoms with Gasteiger partial charge in [-0.2, -0.15) is 0 Å². The predicted molar refractivity (Wildman–Crippen MR) is 114 cm³/mol. The zero-order valence-corrected chi connectivity index (χ0v) is 17.7. The van der Waals surface area contributed by atoms with Crippen molar-refractivity contribution in [3.63, 3.8) is 0 Å². The molecule has 0 bridgehead atoms. The number of nitrogens with zero attached hydrogens (tertiary/aromatic N) is 3. The highest BCUT2D eigenvalue weighted by Gasteiger charge is 2.19. The molecule has 1 amide bonds. The molecule has 3 aromatic rings. The fourth-order valence-electron chi connectivity index (χ4n) is 3.17. The highest BCUT2D eigenvalue weighted by Crippen LogP contribution is 2.22. The van der Waals surface area contributed by atoms with E-state index in [2.05, 4.69) is 10.3 Å². The summed E-state index contributed by atoms with van der Waals surface area (Å²) in [4.78, 5) is 31.1. The Labute approximate surface area is 173 Å². The van der Waals surface area contributed by atoms with Gasteiger partial charge in [-0.25, -0.2) is 4.98 Å². The summed E-state index contributed by atoms with van der Waals surface area (Å²) in [5, 5.41) is 5.57. The Morgan fingerprint density at radius 3 is 2.55 bits per heavy atom. The van der Waals surface area contributed by atoms with Crippen LogP contribution in [0.1, 0.15) is 21.7 Å². The van der Waals surface area contributed by atoms with Gasteiger partial charge in [0, 0.05) is 34.2 Å². The van der Waals surface area contributed by atoms with Crippen molar-refractivity contribution in [2.45, 2.75) is 13.8 Å². The van der Waals surface area contributed by atoms with Gasteiger partial charge in [0.05, 0.1) is 20.2 Å². The van der Waals surface area contributed by atoms with Crippen molar-refractivity contribution in [1.82, 2.24) is 14.5 Å². The summed E-state index contributed by atoms with van der Waals surface area (Å²) in [5.41, 5.74) is 3.15. The number of hydrogen-bond acceptors (Lipinski definition) is 6. The number of ketones is 1. The Hall–Kier alpha value is -2.97. The molecule has 0 aliphatic rings. The number of rotatable bonds is 8. The SMILES string of the molecule is COc1ccc(NC(=O)CN(C)CC(=O)c2cc(C)n(-c3nccs3)c2C)cc1. The van der Waals surface area contributed by atoms with E-state index >= 15 is 0 Å². The molecular formula is C21H24N4O3S. The molecule has 0 saturated carbocycles. The van der Waals surface area contributed by atoms with Crippen molar-refractivity contribution < 1.29 is 14.3 Å². The van der Waals surface area contributed by atoms with Crippen LogP contribution < -0.4 is 10.1 Å². The van der Waals surface area contributed by atoms with E-state index in [1.165, 1.54) is 11.3 Å². The highest BCUT2D eigenvalue weighted by molar-refractivity contribution is 7.12. The molecule has 3 rings (SSSR count). The van der Waals surface area contributed by atoms with E-state index in [-0.39, 0.29) is 24.8 Å². The maximum absolute atomic E-state index is 12.8. The minimum atomic E-state index is -0.182. The Morgan fingerprint density at radius 2 is 1.93 bits per heavy atom. The molecule has 0 saturated heterocycles. The Bertz CT molecular complexity index is 994. The third-order valence-electron chi connectivity index (χ3n) is 4.54. The second-order valence-corrected chi connectivity index (χ2v) is 7.68. The van der Waals surface area contributed by atoms with Gasteiger partial charge in [0.1, 0.15) is 5.75 Å². The van der Waals surface area contributed by atoms with Gasteiger partial charge in [-0.05, 0) is 51.2 Å². The largest absolute Gasteiger partial charge is 0.497 e. The monoisotopic (exact) mass is 412 g/mol. The normalized spacial score (nSPS) is 10.9. The summed E-state index contributed by atoms with van der Waals surface area (Å²) >= 11 is 1.52. The molecule has 2 heterocycles. The molecule has 29 heavy (non-hydrogen) atoms. The van der Waals surface area contributed by atoms with Crippen LogP contribution >= 0.6 is 11.3 Å². The summed E-state index contributed by atoms with van der Waals surface area (Å²) in [5.74, 6) is 0.514. The molecule has 0 atom stereocenters. The molecule has 7 nitrogen and oxygen atoms in total. The van der Waals surface area contributed by atoms with Gasteiger partial charge in [0.2, 0.25) is 5.91 Å². The van der Waals surface area contributed by atoms with E-state index in [1.807, 2.05) is 29.9 Å². The van der Waals surface area contributed by atoms with Crippen LogP contribution in [0.2, 0.25) is 0 Å². The van der Waals surface area contributed by atoms with Crippen molar-refractivity contribution in [1.29, 1.82) is 0 Å². The van der Waals surface area contributed by atoms with Crippen molar-refractivity contribution >= 4 is 28.7 Å². The van der Waals surface area contributed by atoms with E-state index in [0.29, 0.717) is 11.3 Å². The zero-order valence-electron chi connectivity index (χ0n) is 16.9. The molecule has 8 heteroatoms. The van der Waals surface area contributed by atoms with E-state index in [1.54, 1.807) is 49.5 Å². The Balaban J connectivity index is 1.60. The summed E-state index contributed by atoms with van der Waals surface area (Å²) in [6.07, 6.45) is 1.75. The summed E-state index contributed by atoms with van der Waals surface area (Å²) in [6, 6.07) is 8.98. The molecule has 2 aromatic heterocycles. The first-order valence-corrected chi connectivity index (χ1v) is 10.0. The average molecular weight is 413 g/mol. The van der Waals surface area contributed by atoms with Gasteiger partial charge in [-0.1, -0.05) is 0 Å². The number of likely N-dealkylation sites (N-methyl/N-ethyl adjacent to an activating group) is 1. The Morgan fingerprint density at radius 1 is 1.21 bits per heavy atom. The van der Waals surface area contributed by atoms with Crippen LogP contribution in [0, 0.1) is 13.8 Å². The molecule has 0 spiro atoms. The number of benzene rings is 1. The lowest BCUT2D eigenvalue weighted by Gasteiger charge is -2.15. The summed E-state index contributed by atoms with van der Waals surface area (Å²) < 4.78 is 7.08. The number of carbonyl (C=O) groups excluding carboxylic acids is 2. The first kappa shape index (κ1) is 20.8. The topological polar surface area (TPSA) is 76.5 Å². The van der Waals surface area contributed by atoms with Crippen molar-refractivity contribution in [3.05, 3.63) is 58.9 Å². The number of anilines is 1. The first-order valence-electron chi connectivity index (χ1n) is 9.13. The van der Waals surface area contributed by atoms with E-state index < -0.39 is 0 Å². The molecule has 1 aromatic carbocycles. The fourth-order valence-corrected chi connectivity index (χ4v) is 3.92. The van der Waals surface area contributed by atoms with Crippen LogP contribution in [-0.2, 0) is 4.79 Å². The minimum Gasteiger partial charge on any atom is -0.497 e. The van der Waals surface area contributed by atoms with Gasteiger partial charge < -0.3 is 10.1 Å². The molecule has 152 valence electrons. The quantitative estimate of drug-likeness (QED) is 0.575. The maximum Gasteiger partial charge on any atom is 0.238 e. The molecule has 0 unspecified atom stereocenters. The number of hydrogen-bond donors (Lipinski definition) is 1. The van der Waals surface area contributed by atoms with E-state index in [9.17, 15) is 9.59 Å². The second-order valence-electron chi connectivity index (χ2n) is 6.81. The highest BCUT2D eigenvalue weighted by atomic mass is 32.1. The molecule has 1 N–H and O–H groups in total. The number of Topliss-reactive ketones (excluding diaryl/α,β-unsaturated/α-hetero) is 1. The smallest absolute Gasteiger partial charge is 0.238 e.